The summed E-state index contributed by atoms with van der Waals surface area (Å²) in [5.74, 6) is 0. The minimum absolute atomic E-state index is 0.477. The normalized spacial score (nSPS) is 15.2. The molecule has 0 spiro atoms. The predicted octanol–water partition coefficient (Wildman–Crippen LogP) is 0.369. The van der Waals surface area contributed by atoms with Crippen LogP contribution in [0.4, 0.5) is 0 Å². The first-order valence-corrected chi connectivity index (χ1v) is 5.61. The number of benzene rings is 1. The molecule has 0 aromatic heterocycles. The Morgan fingerprint density at radius 1 is 0.917 bits per heavy atom. The van der Waals surface area contributed by atoms with E-state index in [1.165, 1.54) is 0 Å². The van der Waals surface area contributed by atoms with Crippen LogP contribution in [-0.2, 0) is 6.16 Å². The molecule has 0 atom stereocenters. The monoisotopic (exact) mass is 190 g/mol. The van der Waals surface area contributed by atoms with Gasteiger partial charge in [-0.3, -0.25) is 0 Å². The van der Waals surface area contributed by atoms with Gasteiger partial charge in [0.15, 0.2) is 0 Å². The fourth-order valence-electron chi connectivity index (χ4n) is 0.910. The van der Waals surface area contributed by atoms with E-state index in [1.807, 2.05) is 0 Å². The van der Waals surface area contributed by atoms with Gasteiger partial charge in [-0.05, 0) is 0 Å². The van der Waals surface area contributed by atoms with Crippen LogP contribution in [0.3, 0.4) is 0 Å². The molecule has 0 heterocycles. The topological polar surface area (TPSA) is 80.9 Å². The first-order valence-electron chi connectivity index (χ1n) is 3.38. The fraction of sp³-hybridized carbons (Fsp3) is 0.143. The molecule has 0 saturated carbocycles. The Balaban J connectivity index is 2.79. The van der Waals surface area contributed by atoms with Crippen molar-refractivity contribution in [2.24, 2.45) is 0 Å². The van der Waals surface area contributed by atoms with Crippen LogP contribution in [0.5, 0.6) is 0 Å². The average molecular weight is 190 g/mol. The van der Waals surface area contributed by atoms with Gasteiger partial charge in [0, 0.05) is 0 Å². The zero-order valence-electron chi connectivity index (χ0n) is 6.33. The van der Waals surface area contributed by atoms with Gasteiger partial charge in [0.2, 0.25) is 0 Å². The van der Waals surface area contributed by atoms with E-state index in [0.717, 1.165) is 0 Å². The number of rotatable bonds is 2. The molecule has 0 aliphatic heterocycles. The molecule has 4 nitrogen and oxygen atoms in total. The standard InChI is InChI=1S/C7H11O4P/c8-12(9,10,11)6-7-4-2-1-3-5-7/h1-5,8-11H,6H2. The summed E-state index contributed by atoms with van der Waals surface area (Å²) in [6.07, 6.45) is -0.521. The molecule has 0 aliphatic rings. The van der Waals surface area contributed by atoms with E-state index < -0.39 is 13.7 Å². The molecule has 0 amide bonds. The summed E-state index contributed by atoms with van der Waals surface area (Å²) in [5.41, 5.74) is 0.477. The molecule has 68 valence electrons. The Hall–Kier alpha value is -0.510. The van der Waals surface area contributed by atoms with Crippen molar-refractivity contribution in [3.63, 3.8) is 0 Å². The Morgan fingerprint density at radius 2 is 1.42 bits per heavy atom. The molecule has 0 unspecified atom stereocenters. The molecule has 1 rings (SSSR count). The van der Waals surface area contributed by atoms with Gasteiger partial charge in [-0.2, -0.15) is 0 Å². The van der Waals surface area contributed by atoms with Gasteiger partial charge < -0.3 is 0 Å². The van der Waals surface area contributed by atoms with E-state index in [0.29, 0.717) is 5.56 Å². The minimum atomic E-state index is -5.35. The molecule has 0 radical (unpaired) electrons. The van der Waals surface area contributed by atoms with Crippen LogP contribution in [0.2, 0.25) is 0 Å². The van der Waals surface area contributed by atoms with Crippen LogP contribution in [0.1, 0.15) is 5.56 Å². The van der Waals surface area contributed by atoms with Gasteiger partial charge >= 0.3 is 69.1 Å². The predicted molar refractivity (Wildman–Crippen MR) is 45.9 cm³/mol. The van der Waals surface area contributed by atoms with Crippen LogP contribution >= 0.6 is 7.51 Å². The van der Waals surface area contributed by atoms with Gasteiger partial charge in [0.1, 0.15) is 0 Å². The van der Waals surface area contributed by atoms with Crippen LogP contribution in [0.25, 0.3) is 0 Å². The van der Waals surface area contributed by atoms with E-state index in [2.05, 4.69) is 0 Å². The van der Waals surface area contributed by atoms with Crippen LogP contribution in [0.15, 0.2) is 30.3 Å². The summed E-state index contributed by atoms with van der Waals surface area (Å²) < 4.78 is 0. The van der Waals surface area contributed by atoms with Crippen molar-refractivity contribution in [3.8, 4) is 0 Å². The van der Waals surface area contributed by atoms with E-state index in [1.54, 1.807) is 30.3 Å². The van der Waals surface area contributed by atoms with Crippen molar-refractivity contribution in [2.75, 3.05) is 0 Å². The molecule has 1 aromatic carbocycles. The van der Waals surface area contributed by atoms with Gasteiger partial charge in [-0.25, -0.2) is 0 Å². The molecular weight excluding hydrogens is 179 g/mol. The summed E-state index contributed by atoms with van der Waals surface area (Å²) >= 11 is 0. The maximum absolute atomic E-state index is 8.73. The second kappa shape index (κ2) is 2.76. The molecule has 0 saturated heterocycles. The SMILES string of the molecule is OP(O)(O)(O)Cc1ccccc1. The molecule has 0 bridgehead atoms. The second-order valence-corrected chi connectivity index (χ2v) is 5.27. The third-order valence-electron chi connectivity index (χ3n) is 1.31. The third kappa shape index (κ3) is 3.76. The summed E-state index contributed by atoms with van der Waals surface area (Å²) in [7, 11) is -5.35. The first-order chi connectivity index (χ1) is 5.33. The van der Waals surface area contributed by atoms with Crippen molar-refractivity contribution in [2.45, 2.75) is 6.16 Å². The third-order valence-corrected chi connectivity index (χ3v) is 2.24. The van der Waals surface area contributed by atoms with Crippen molar-refractivity contribution < 1.29 is 19.6 Å². The first kappa shape index (κ1) is 9.58. The van der Waals surface area contributed by atoms with Crippen molar-refractivity contribution in [1.29, 1.82) is 0 Å². The molecule has 12 heavy (non-hydrogen) atoms. The van der Waals surface area contributed by atoms with Crippen molar-refractivity contribution >= 4 is 7.51 Å². The Labute approximate surface area is 70.0 Å². The average Bonchev–Trinajstić information content (AvgIpc) is 1.83. The molecular formula is C7H11O4P. The maximum atomic E-state index is 8.73. The van der Waals surface area contributed by atoms with Crippen LogP contribution in [-0.4, -0.2) is 19.6 Å². The van der Waals surface area contributed by atoms with Gasteiger partial charge in [-0.15, -0.1) is 0 Å². The van der Waals surface area contributed by atoms with E-state index in [-0.39, 0.29) is 0 Å². The Morgan fingerprint density at radius 3 is 1.83 bits per heavy atom. The van der Waals surface area contributed by atoms with Gasteiger partial charge in [-0.1, -0.05) is 0 Å². The molecule has 0 aliphatic carbocycles. The zero-order valence-corrected chi connectivity index (χ0v) is 7.22. The fourth-order valence-corrected chi connectivity index (χ4v) is 1.77. The van der Waals surface area contributed by atoms with E-state index in [4.69, 9.17) is 19.6 Å². The number of hydrogen-bond donors (Lipinski definition) is 4. The van der Waals surface area contributed by atoms with E-state index in [9.17, 15) is 0 Å². The van der Waals surface area contributed by atoms with Crippen LogP contribution in [0, 0.1) is 0 Å². The summed E-state index contributed by atoms with van der Waals surface area (Å²) in [4.78, 5) is 34.9. The summed E-state index contributed by atoms with van der Waals surface area (Å²) in [5, 5.41) is 0. The summed E-state index contributed by atoms with van der Waals surface area (Å²) in [6, 6.07) is 8.28. The second-order valence-electron chi connectivity index (χ2n) is 2.75. The molecule has 1 aromatic rings. The molecule has 5 heteroatoms. The van der Waals surface area contributed by atoms with E-state index >= 15 is 0 Å². The zero-order chi connectivity index (χ0) is 9.27. The van der Waals surface area contributed by atoms with Crippen LogP contribution < -0.4 is 0 Å². The quantitative estimate of drug-likeness (QED) is 0.508. The summed E-state index contributed by atoms with van der Waals surface area (Å²) in [6.45, 7) is 0. The Bertz CT molecular complexity index is 254. The Kier molecular flexibility index (Phi) is 2.21. The molecule has 0 fully saturated rings. The van der Waals surface area contributed by atoms with Crippen molar-refractivity contribution in [1.82, 2.24) is 0 Å². The van der Waals surface area contributed by atoms with Crippen molar-refractivity contribution in [3.05, 3.63) is 35.9 Å². The van der Waals surface area contributed by atoms with Gasteiger partial charge in [0.05, 0.1) is 0 Å². The molecule has 4 N–H and O–H groups in total. The number of hydrogen-bond acceptors (Lipinski definition) is 4. The van der Waals surface area contributed by atoms with Gasteiger partial charge in [0.25, 0.3) is 0 Å².